The number of nitrogens with zero attached hydrogens (tertiary/aromatic N) is 1. The smallest absolute Gasteiger partial charge is 0.354 e. The molecule has 1 N–H and O–H groups in total. The molecule has 1 aromatic rings. The summed E-state index contributed by atoms with van der Waals surface area (Å²) in [6, 6.07) is 3.52. The first-order valence-corrected chi connectivity index (χ1v) is 4.80. The second kappa shape index (κ2) is 4.06. The Balaban J connectivity index is 2.94. The monoisotopic (exact) mass is 211 g/mol. The fraction of sp³-hybridized carbons (Fsp3) is 0.545. The van der Waals surface area contributed by atoms with Crippen molar-refractivity contribution in [2.75, 3.05) is 7.11 Å². The Labute approximate surface area is 89.5 Å². The van der Waals surface area contributed by atoms with Crippen LogP contribution < -0.4 is 0 Å². The first kappa shape index (κ1) is 11.8. The van der Waals surface area contributed by atoms with Crippen LogP contribution in [0, 0.1) is 0 Å². The summed E-state index contributed by atoms with van der Waals surface area (Å²) < 4.78 is 6.38. The normalized spacial score (nSPS) is 11.5. The molecule has 15 heavy (non-hydrogen) atoms. The molecule has 1 heterocycles. The summed E-state index contributed by atoms with van der Waals surface area (Å²) >= 11 is 0. The van der Waals surface area contributed by atoms with Gasteiger partial charge in [-0.3, -0.25) is 0 Å². The van der Waals surface area contributed by atoms with E-state index >= 15 is 0 Å². The predicted molar refractivity (Wildman–Crippen MR) is 56.8 cm³/mol. The Hall–Kier alpha value is -1.29. The van der Waals surface area contributed by atoms with Gasteiger partial charge in [-0.25, -0.2) is 4.79 Å². The van der Waals surface area contributed by atoms with Crippen LogP contribution in [0.1, 0.15) is 30.0 Å². The van der Waals surface area contributed by atoms with Crippen molar-refractivity contribution in [2.24, 2.45) is 7.05 Å². The molecule has 0 atom stereocenters. The third-order valence-corrected chi connectivity index (χ3v) is 2.23. The van der Waals surface area contributed by atoms with E-state index in [2.05, 4.69) is 4.74 Å². The standard InChI is InChI=1S/C11H17NO3/c1-11(2,14)7-8-5-6-9(12(8)3)10(13)15-4/h5-6,14H,7H2,1-4H3. The summed E-state index contributed by atoms with van der Waals surface area (Å²) in [5.74, 6) is -0.362. The molecule has 1 rings (SSSR count). The molecule has 4 heteroatoms. The zero-order chi connectivity index (χ0) is 11.6. The van der Waals surface area contributed by atoms with E-state index in [1.807, 2.05) is 6.07 Å². The van der Waals surface area contributed by atoms with Gasteiger partial charge in [-0.05, 0) is 26.0 Å². The van der Waals surface area contributed by atoms with Crippen molar-refractivity contribution in [3.63, 3.8) is 0 Å². The van der Waals surface area contributed by atoms with Gasteiger partial charge in [0, 0.05) is 19.2 Å². The lowest BCUT2D eigenvalue weighted by atomic mass is 10.0. The fourth-order valence-corrected chi connectivity index (χ4v) is 1.48. The highest BCUT2D eigenvalue weighted by Crippen LogP contribution is 2.15. The SMILES string of the molecule is COC(=O)c1ccc(CC(C)(C)O)n1C. The number of aliphatic hydroxyl groups is 1. The Kier molecular flexibility index (Phi) is 3.19. The van der Waals surface area contributed by atoms with E-state index < -0.39 is 5.60 Å². The van der Waals surface area contributed by atoms with Crippen molar-refractivity contribution in [2.45, 2.75) is 25.9 Å². The summed E-state index contributed by atoms with van der Waals surface area (Å²) in [6.45, 7) is 3.47. The molecule has 0 amide bonds. The molecule has 4 nitrogen and oxygen atoms in total. The second-order valence-electron chi connectivity index (χ2n) is 4.25. The number of esters is 1. The molecule has 1 aromatic heterocycles. The van der Waals surface area contributed by atoms with Crippen LogP contribution in [0.3, 0.4) is 0 Å². The van der Waals surface area contributed by atoms with Gasteiger partial charge in [0.2, 0.25) is 0 Å². The van der Waals surface area contributed by atoms with Gasteiger partial charge in [0.1, 0.15) is 5.69 Å². The number of carbonyl (C=O) groups excluding carboxylic acids is 1. The zero-order valence-corrected chi connectivity index (χ0v) is 9.57. The number of aromatic nitrogens is 1. The molecule has 0 aliphatic carbocycles. The van der Waals surface area contributed by atoms with Crippen molar-refractivity contribution in [1.82, 2.24) is 4.57 Å². The maximum Gasteiger partial charge on any atom is 0.354 e. The average Bonchev–Trinajstić information content (AvgIpc) is 2.45. The molecule has 0 aromatic carbocycles. The number of hydrogen-bond donors (Lipinski definition) is 1. The molecule has 0 bridgehead atoms. The zero-order valence-electron chi connectivity index (χ0n) is 9.57. The quantitative estimate of drug-likeness (QED) is 0.762. The van der Waals surface area contributed by atoms with E-state index in [0.29, 0.717) is 12.1 Å². The van der Waals surface area contributed by atoms with Crippen LogP contribution in [0.4, 0.5) is 0 Å². The average molecular weight is 211 g/mol. The van der Waals surface area contributed by atoms with Crippen LogP contribution in [0.15, 0.2) is 12.1 Å². The minimum Gasteiger partial charge on any atom is -0.464 e. The molecule has 0 aliphatic rings. The Bertz CT molecular complexity index is 360. The van der Waals surface area contributed by atoms with Crippen molar-refractivity contribution in [3.05, 3.63) is 23.5 Å². The van der Waals surface area contributed by atoms with Gasteiger partial charge < -0.3 is 14.4 Å². The van der Waals surface area contributed by atoms with Gasteiger partial charge in [0.25, 0.3) is 0 Å². The van der Waals surface area contributed by atoms with E-state index in [9.17, 15) is 9.90 Å². The summed E-state index contributed by atoms with van der Waals surface area (Å²) in [4.78, 5) is 11.3. The van der Waals surface area contributed by atoms with Crippen LogP contribution in [-0.2, 0) is 18.2 Å². The second-order valence-corrected chi connectivity index (χ2v) is 4.25. The molecule has 0 fully saturated rings. The summed E-state index contributed by atoms with van der Waals surface area (Å²) in [5.41, 5.74) is 0.624. The van der Waals surface area contributed by atoms with Gasteiger partial charge >= 0.3 is 5.97 Å². The fourth-order valence-electron chi connectivity index (χ4n) is 1.48. The first-order chi connectivity index (χ1) is 6.85. The van der Waals surface area contributed by atoms with Gasteiger partial charge in [-0.15, -0.1) is 0 Å². The Morgan fingerprint density at radius 1 is 1.53 bits per heavy atom. The molecular weight excluding hydrogens is 194 g/mol. The minimum absolute atomic E-state index is 0.362. The van der Waals surface area contributed by atoms with E-state index in [0.717, 1.165) is 5.69 Å². The van der Waals surface area contributed by atoms with Crippen LogP contribution >= 0.6 is 0 Å². The number of carbonyl (C=O) groups is 1. The molecule has 0 aliphatic heterocycles. The van der Waals surface area contributed by atoms with Crippen molar-refractivity contribution < 1.29 is 14.6 Å². The van der Waals surface area contributed by atoms with E-state index in [4.69, 9.17) is 0 Å². The summed E-state index contributed by atoms with van der Waals surface area (Å²) in [6.07, 6.45) is 0.500. The molecule has 0 saturated carbocycles. The molecule has 0 spiro atoms. The maximum absolute atomic E-state index is 11.3. The van der Waals surface area contributed by atoms with Crippen molar-refractivity contribution in [3.8, 4) is 0 Å². The first-order valence-electron chi connectivity index (χ1n) is 4.80. The van der Waals surface area contributed by atoms with Gasteiger partial charge in [0.15, 0.2) is 0 Å². The Morgan fingerprint density at radius 3 is 2.60 bits per heavy atom. The lowest BCUT2D eigenvalue weighted by Crippen LogP contribution is -2.23. The highest BCUT2D eigenvalue weighted by Gasteiger charge is 2.18. The van der Waals surface area contributed by atoms with Crippen molar-refractivity contribution >= 4 is 5.97 Å². The third kappa shape index (κ3) is 2.83. The van der Waals surface area contributed by atoms with Gasteiger partial charge in [-0.1, -0.05) is 0 Å². The maximum atomic E-state index is 11.3. The van der Waals surface area contributed by atoms with Crippen LogP contribution in [-0.4, -0.2) is 28.4 Å². The van der Waals surface area contributed by atoms with E-state index in [1.54, 1.807) is 31.5 Å². The lowest BCUT2D eigenvalue weighted by molar-refractivity contribution is 0.0585. The van der Waals surface area contributed by atoms with Gasteiger partial charge in [-0.2, -0.15) is 0 Å². The number of hydrogen-bond acceptors (Lipinski definition) is 3. The number of methoxy groups -OCH3 is 1. The summed E-state index contributed by atoms with van der Waals surface area (Å²) in [7, 11) is 3.14. The van der Waals surface area contributed by atoms with E-state index in [-0.39, 0.29) is 5.97 Å². The lowest BCUT2D eigenvalue weighted by Gasteiger charge is -2.17. The van der Waals surface area contributed by atoms with Gasteiger partial charge in [0.05, 0.1) is 12.7 Å². The highest BCUT2D eigenvalue weighted by molar-refractivity contribution is 5.87. The van der Waals surface area contributed by atoms with Crippen LogP contribution in [0.2, 0.25) is 0 Å². The van der Waals surface area contributed by atoms with Crippen LogP contribution in [0.25, 0.3) is 0 Å². The topological polar surface area (TPSA) is 51.5 Å². The Morgan fingerprint density at radius 2 is 2.13 bits per heavy atom. The van der Waals surface area contributed by atoms with Crippen molar-refractivity contribution in [1.29, 1.82) is 0 Å². The summed E-state index contributed by atoms with van der Waals surface area (Å²) in [5, 5.41) is 9.67. The molecule has 0 radical (unpaired) electrons. The number of ether oxygens (including phenoxy) is 1. The van der Waals surface area contributed by atoms with E-state index in [1.165, 1.54) is 7.11 Å². The molecule has 0 saturated heterocycles. The largest absolute Gasteiger partial charge is 0.464 e. The third-order valence-electron chi connectivity index (χ3n) is 2.23. The highest BCUT2D eigenvalue weighted by atomic mass is 16.5. The molecular formula is C11H17NO3. The predicted octanol–water partition coefficient (Wildman–Crippen LogP) is 1.13. The minimum atomic E-state index is -0.778. The number of rotatable bonds is 3. The molecule has 0 unspecified atom stereocenters. The molecule has 84 valence electrons. The van der Waals surface area contributed by atoms with Crippen LogP contribution in [0.5, 0.6) is 0 Å².